The van der Waals surface area contributed by atoms with Crippen molar-refractivity contribution in [3.63, 3.8) is 0 Å². The third-order valence-corrected chi connectivity index (χ3v) is 8.93. The Labute approximate surface area is 212 Å². The molecule has 2 saturated heterocycles. The first-order valence-corrected chi connectivity index (χ1v) is 14.3. The van der Waals surface area contributed by atoms with Crippen LogP contribution in [-0.4, -0.2) is 75.6 Å². The molecular formula is C24H35ClFN3O5S. The highest BCUT2D eigenvalue weighted by molar-refractivity contribution is 7.87. The molecule has 8 nitrogen and oxygen atoms in total. The first-order chi connectivity index (χ1) is 16.7. The van der Waals surface area contributed by atoms with Crippen molar-refractivity contribution in [2.24, 2.45) is 5.92 Å². The molecule has 3 aliphatic rings. The number of hydrogen-bond donors (Lipinski definition) is 1. The summed E-state index contributed by atoms with van der Waals surface area (Å²) in [6, 6.07) is 2.16. The summed E-state index contributed by atoms with van der Waals surface area (Å²) in [5, 5.41) is 0.0678. The minimum atomic E-state index is -4.13. The van der Waals surface area contributed by atoms with Crippen LogP contribution < -0.4 is 9.46 Å². The minimum absolute atomic E-state index is 0.0123. The molecule has 0 bridgehead atoms. The maximum Gasteiger partial charge on any atom is 0.304 e. The Morgan fingerprint density at radius 1 is 1.09 bits per heavy atom. The fraction of sp³-hybridized carbons (Fsp3) is 0.708. The van der Waals surface area contributed by atoms with Crippen molar-refractivity contribution in [2.45, 2.75) is 63.6 Å². The number of rotatable bonds is 8. The van der Waals surface area contributed by atoms with Crippen LogP contribution in [0.3, 0.4) is 0 Å². The number of ether oxygens (including phenoxy) is 2. The SMILES string of the molecule is CN1CCCC(OC2CCN(S(=O)(=O)NC(=O)c3cc(Cl)c(OCC4CCCC4)cc3F)CC2)C1. The Hall–Kier alpha value is -1.46. The van der Waals surface area contributed by atoms with Gasteiger partial charge in [0, 0.05) is 25.7 Å². The molecule has 1 saturated carbocycles. The van der Waals surface area contributed by atoms with Gasteiger partial charge in [0.2, 0.25) is 0 Å². The van der Waals surface area contributed by atoms with Crippen LogP contribution >= 0.6 is 11.6 Å². The molecule has 1 amide bonds. The number of carbonyl (C=O) groups is 1. The molecule has 4 rings (SSSR count). The van der Waals surface area contributed by atoms with Crippen LogP contribution in [0.2, 0.25) is 5.02 Å². The molecule has 0 spiro atoms. The van der Waals surface area contributed by atoms with E-state index in [0.29, 0.717) is 25.4 Å². The summed E-state index contributed by atoms with van der Waals surface area (Å²) < 4.78 is 55.3. The molecule has 1 aromatic carbocycles. The van der Waals surface area contributed by atoms with Gasteiger partial charge in [0.05, 0.1) is 29.4 Å². The van der Waals surface area contributed by atoms with Crippen LogP contribution in [0.4, 0.5) is 4.39 Å². The Morgan fingerprint density at radius 2 is 1.80 bits per heavy atom. The Morgan fingerprint density at radius 3 is 2.49 bits per heavy atom. The average molecular weight is 532 g/mol. The summed E-state index contributed by atoms with van der Waals surface area (Å²) in [7, 11) is -2.06. The van der Waals surface area contributed by atoms with Crippen molar-refractivity contribution in [3.8, 4) is 5.75 Å². The van der Waals surface area contributed by atoms with Crippen molar-refractivity contribution in [3.05, 3.63) is 28.5 Å². The predicted molar refractivity (Wildman–Crippen MR) is 131 cm³/mol. The molecule has 0 aromatic heterocycles. The zero-order valence-corrected chi connectivity index (χ0v) is 21.8. The molecule has 2 heterocycles. The zero-order valence-electron chi connectivity index (χ0n) is 20.2. The van der Waals surface area contributed by atoms with Crippen LogP contribution in [0.15, 0.2) is 12.1 Å². The van der Waals surface area contributed by atoms with Crippen LogP contribution in [0.25, 0.3) is 0 Å². The van der Waals surface area contributed by atoms with Crippen molar-refractivity contribution in [1.82, 2.24) is 13.9 Å². The monoisotopic (exact) mass is 531 g/mol. The number of hydrogen-bond acceptors (Lipinski definition) is 6. The lowest BCUT2D eigenvalue weighted by Gasteiger charge is -2.36. The van der Waals surface area contributed by atoms with Gasteiger partial charge in [-0.05, 0) is 64.1 Å². The van der Waals surface area contributed by atoms with Gasteiger partial charge >= 0.3 is 10.2 Å². The minimum Gasteiger partial charge on any atom is -0.492 e. The van der Waals surface area contributed by atoms with E-state index in [1.165, 1.54) is 4.31 Å². The lowest BCUT2D eigenvalue weighted by Crippen LogP contribution is -2.49. The summed E-state index contributed by atoms with van der Waals surface area (Å²) >= 11 is 6.21. The van der Waals surface area contributed by atoms with Gasteiger partial charge in [-0.1, -0.05) is 24.4 Å². The molecule has 1 N–H and O–H groups in total. The van der Waals surface area contributed by atoms with E-state index < -0.39 is 27.5 Å². The summed E-state index contributed by atoms with van der Waals surface area (Å²) in [6.45, 7) is 2.85. The molecule has 1 unspecified atom stereocenters. The number of benzene rings is 1. The average Bonchev–Trinajstić information content (AvgIpc) is 3.33. The largest absolute Gasteiger partial charge is 0.492 e. The topological polar surface area (TPSA) is 88.2 Å². The summed E-state index contributed by atoms with van der Waals surface area (Å²) in [5.41, 5.74) is -0.438. The van der Waals surface area contributed by atoms with Gasteiger partial charge in [-0.2, -0.15) is 12.7 Å². The number of nitrogens with one attached hydrogen (secondary N) is 1. The van der Waals surface area contributed by atoms with Gasteiger partial charge in [-0.25, -0.2) is 9.11 Å². The first kappa shape index (κ1) is 26.6. The molecule has 11 heteroatoms. The fourth-order valence-electron chi connectivity index (χ4n) is 5.15. The number of carbonyl (C=O) groups excluding carboxylic acids is 1. The molecule has 1 aliphatic carbocycles. The van der Waals surface area contributed by atoms with E-state index in [0.717, 1.165) is 63.7 Å². The highest BCUT2D eigenvalue weighted by atomic mass is 35.5. The Kier molecular flexibility index (Phi) is 8.91. The van der Waals surface area contributed by atoms with Crippen LogP contribution in [0.5, 0.6) is 5.75 Å². The van der Waals surface area contributed by atoms with E-state index >= 15 is 0 Å². The Balaban J connectivity index is 1.30. The molecule has 0 radical (unpaired) electrons. The molecule has 1 atom stereocenters. The van der Waals surface area contributed by atoms with Crippen molar-refractivity contribution in [2.75, 3.05) is 39.8 Å². The number of nitrogens with zero attached hydrogens (tertiary/aromatic N) is 2. The highest BCUT2D eigenvalue weighted by Gasteiger charge is 2.32. The van der Waals surface area contributed by atoms with E-state index in [1.807, 2.05) is 4.72 Å². The second-order valence-corrected chi connectivity index (χ2v) is 12.0. The summed E-state index contributed by atoms with van der Waals surface area (Å²) in [6.07, 6.45) is 7.80. The standard InChI is InChI=1S/C24H35ClFN3O5S/c1-28-10-4-7-19(15-28)34-18-8-11-29(12-9-18)35(31,32)27-24(30)20-13-21(25)23(14-22(20)26)33-16-17-5-2-3-6-17/h13-14,17-19H,2-12,15-16H2,1H3,(H,27,30). The van der Waals surface area contributed by atoms with Crippen LogP contribution in [0.1, 0.15) is 61.7 Å². The van der Waals surface area contributed by atoms with Gasteiger partial charge < -0.3 is 14.4 Å². The maximum atomic E-state index is 14.7. The van der Waals surface area contributed by atoms with Crippen molar-refractivity contribution in [1.29, 1.82) is 0 Å². The van der Waals surface area contributed by atoms with E-state index in [-0.39, 0.29) is 36.1 Å². The summed E-state index contributed by atoms with van der Waals surface area (Å²) in [4.78, 5) is 14.9. The number of piperidine rings is 2. The molecule has 2 aliphatic heterocycles. The number of likely N-dealkylation sites (N-methyl/N-ethyl adjacent to an activating group) is 1. The first-order valence-electron chi connectivity index (χ1n) is 12.5. The van der Waals surface area contributed by atoms with Gasteiger partial charge in [0.25, 0.3) is 5.91 Å². The number of halogens is 2. The van der Waals surface area contributed by atoms with E-state index in [2.05, 4.69) is 11.9 Å². The molecule has 196 valence electrons. The smallest absolute Gasteiger partial charge is 0.304 e. The second-order valence-electron chi connectivity index (χ2n) is 9.92. The number of likely N-dealkylation sites (tertiary alicyclic amines) is 1. The van der Waals surface area contributed by atoms with E-state index in [1.54, 1.807) is 0 Å². The molecular weight excluding hydrogens is 497 g/mol. The Bertz CT molecular complexity index is 997. The molecule has 3 fully saturated rings. The van der Waals surface area contributed by atoms with Gasteiger partial charge in [-0.15, -0.1) is 0 Å². The second kappa shape index (κ2) is 11.7. The fourth-order valence-corrected chi connectivity index (χ4v) is 6.53. The van der Waals surface area contributed by atoms with Crippen LogP contribution in [-0.2, 0) is 14.9 Å². The van der Waals surface area contributed by atoms with Gasteiger partial charge in [-0.3, -0.25) is 4.79 Å². The highest BCUT2D eigenvalue weighted by Crippen LogP contribution is 2.31. The predicted octanol–water partition coefficient (Wildman–Crippen LogP) is 3.60. The maximum absolute atomic E-state index is 14.7. The third kappa shape index (κ3) is 7.07. The zero-order chi connectivity index (χ0) is 25.0. The number of amides is 1. The molecule has 35 heavy (non-hydrogen) atoms. The van der Waals surface area contributed by atoms with Gasteiger partial charge in [0.1, 0.15) is 11.6 Å². The van der Waals surface area contributed by atoms with Crippen molar-refractivity contribution >= 4 is 27.7 Å². The van der Waals surface area contributed by atoms with Crippen LogP contribution in [0, 0.1) is 11.7 Å². The lowest BCUT2D eigenvalue weighted by atomic mass is 10.1. The molecule has 1 aromatic rings. The van der Waals surface area contributed by atoms with Gasteiger partial charge in [0.15, 0.2) is 0 Å². The quantitative estimate of drug-likeness (QED) is 0.551. The van der Waals surface area contributed by atoms with E-state index in [9.17, 15) is 17.6 Å². The van der Waals surface area contributed by atoms with Crippen molar-refractivity contribution < 1.29 is 27.1 Å². The summed E-state index contributed by atoms with van der Waals surface area (Å²) in [5.74, 6) is -1.37. The lowest BCUT2D eigenvalue weighted by molar-refractivity contribution is -0.0598. The van der Waals surface area contributed by atoms with E-state index in [4.69, 9.17) is 21.1 Å². The normalized spacial score (nSPS) is 23.5. The third-order valence-electron chi connectivity index (χ3n) is 7.14.